The highest BCUT2D eigenvalue weighted by molar-refractivity contribution is 7.92. The minimum Gasteiger partial charge on any atom is -0.463 e. The Bertz CT molecular complexity index is 1220. The summed E-state index contributed by atoms with van der Waals surface area (Å²) >= 11 is 0. The summed E-state index contributed by atoms with van der Waals surface area (Å²) < 4.78 is 32.3. The van der Waals surface area contributed by atoms with Crippen LogP contribution in [0, 0.1) is 0 Å². The normalized spacial score (nSPS) is 11.2. The third-order valence-corrected chi connectivity index (χ3v) is 5.16. The van der Waals surface area contributed by atoms with E-state index in [1.165, 1.54) is 42.9 Å². The molecule has 3 N–H and O–H groups in total. The molecule has 0 unspecified atom stereocenters. The van der Waals surface area contributed by atoms with Crippen LogP contribution in [0.5, 0.6) is 0 Å². The molecular weight excluding hydrogens is 396 g/mol. The minimum atomic E-state index is -3.85. The van der Waals surface area contributed by atoms with Crippen molar-refractivity contribution in [1.82, 2.24) is 20.2 Å². The summed E-state index contributed by atoms with van der Waals surface area (Å²) in [5.74, 6) is 0.0715. The average Bonchev–Trinajstić information content (AvgIpc) is 3.41. The number of H-pyrrole nitrogens is 1. The van der Waals surface area contributed by atoms with E-state index >= 15 is 0 Å². The van der Waals surface area contributed by atoms with E-state index in [0.29, 0.717) is 17.1 Å². The molecule has 0 bridgehead atoms. The molecule has 29 heavy (non-hydrogen) atoms. The number of nitrogens with zero attached hydrogens (tertiary/aromatic N) is 3. The van der Waals surface area contributed by atoms with Crippen LogP contribution in [0.4, 0.5) is 11.6 Å². The summed E-state index contributed by atoms with van der Waals surface area (Å²) in [4.78, 5) is 20.0. The van der Waals surface area contributed by atoms with Gasteiger partial charge in [0.15, 0.2) is 11.5 Å². The Labute approximate surface area is 165 Å². The Morgan fingerprint density at radius 2 is 1.79 bits per heavy atom. The number of furan rings is 1. The number of carbonyl (C=O) groups is 1. The Morgan fingerprint density at radius 3 is 2.48 bits per heavy atom. The van der Waals surface area contributed by atoms with Crippen LogP contribution in [0.1, 0.15) is 10.5 Å². The summed E-state index contributed by atoms with van der Waals surface area (Å²) in [5, 5.41) is 9.33. The number of carbonyl (C=O) groups excluding carboxylic acids is 1. The molecule has 1 aromatic carbocycles. The van der Waals surface area contributed by atoms with Crippen molar-refractivity contribution in [2.75, 3.05) is 10.0 Å². The fraction of sp³-hybridized carbons (Fsp3) is 0. The minimum absolute atomic E-state index is 0.00262. The highest BCUT2D eigenvalue weighted by Crippen LogP contribution is 2.20. The Morgan fingerprint density at radius 1 is 1.03 bits per heavy atom. The molecule has 3 heterocycles. The zero-order valence-corrected chi connectivity index (χ0v) is 15.6. The number of anilines is 2. The number of hydrogen-bond donors (Lipinski definition) is 3. The molecule has 3 aromatic heterocycles. The molecule has 1 amide bonds. The second-order valence-corrected chi connectivity index (χ2v) is 7.48. The predicted molar refractivity (Wildman–Crippen MR) is 104 cm³/mol. The van der Waals surface area contributed by atoms with Gasteiger partial charge in [0.1, 0.15) is 5.69 Å². The quantitative estimate of drug-likeness (QED) is 0.443. The van der Waals surface area contributed by atoms with E-state index in [1.54, 1.807) is 24.3 Å². The third kappa shape index (κ3) is 4.14. The second-order valence-electron chi connectivity index (χ2n) is 5.80. The topological polar surface area (TPSA) is 143 Å². The fourth-order valence-electron chi connectivity index (χ4n) is 2.44. The molecule has 0 aliphatic carbocycles. The lowest BCUT2D eigenvalue weighted by atomic mass is 10.2. The van der Waals surface area contributed by atoms with E-state index in [2.05, 4.69) is 30.2 Å². The van der Waals surface area contributed by atoms with Crippen molar-refractivity contribution < 1.29 is 17.6 Å². The maximum absolute atomic E-state index is 12.4. The molecular formula is C18H14N6O4S. The molecule has 0 spiro atoms. The van der Waals surface area contributed by atoms with Gasteiger partial charge in [-0.3, -0.25) is 9.89 Å². The lowest BCUT2D eigenvalue weighted by molar-refractivity contribution is 0.102. The molecule has 146 valence electrons. The largest absolute Gasteiger partial charge is 0.463 e. The van der Waals surface area contributed by atoms with Crippen molar-refractivity contribution in [3.05, 3.63) is 72.9 Å². The number of benzene rings is 1. The maximum Gasteiger partial charge on any atom is 0.276 e. The monoisotopic (exact) mass is 410 g/mol. The van der Waals surface area contributed by atoms with Gasteiger partial charge in [0.25, 0.3) is 15.9 Å². The molecule has 0 radical (unpaired) electrons. The molecule has 0 saturated heterocycles. The van der Waals surface area contributed by atoms with Gasteiger partial charge in [-0.1, -0.05) is 0 Å². The van der Waals surface area contributed by atoms with Crippen molar-refractivity contribution in [3.8, 4) is 11.5 Å². The van der Waals surface area contributed by atoms with Crippen molar-refractivity contribution in [2.45, 2.75) is 4.90 Å². The van der Waals surface area contributed by atoms with E-state index in [9.17, 15) is 13.2 Å². The first-order valence-electron chi connectivity index (χ1n) is 8.32. The van der Waals surface area contributed by atoms with E-state index in [-0.39, 0.29) is 16.5 Å². The van der Waals surface area contributed by atoms with Gasteiger partial charge in [-0.25, -0.2) is 23.1 Å². The number of amides is 1. The van der Waals surface area contributed by atoms with Gasteiger partial charge in [0.05, 0.1) is 11.2 Å². The summed E-state index contributed by atoms with van der Waals surface area (Å²) in [5.41, 5.74) is 1.14. The highest BCUT2D eigenvalue weighted by Gasteiger charge is 2.17. The SMILES string of the molecule is O=C(Nc1ccc(S(=O)(=O)Nc2ncccn2)cc1)c1cc(-c2ccco2)[nH]n1. The van der Waals surface area contributed by atoms with Gasteiger partial charge in [0.2, 0.25) is 5.95 Å². The van der Waals surface area contributed by atoms with Gasteiger partial charge in [-0.2, -0.15) is 5.10 Å². The number of aromatic nitrogens is 4. The first kappa shape index (κ1) is 18.4. The Kier molecular flexibility index (Phi) is 4.79. The zero-order chi connectivity index (χ0) is 20.3. The first-order chi connectivity index (χ1) is 14.0. The molecule has 0 fully saturated rings. The van der Waals surface area contributed by atoms with E-state index < -0.39 is 15.9 Å². The van der Waals surface area contributed by atoms with Crippen LogP contribution in [0.2, 0.25) is 0 Å². The Balaban J connectivity index is 1.45. The molecule has 0 aliphatic heterocycles. The van der Waals surface area contributed by atoms with Crippen molar-refractivity contribution in [3.63, 3.8) is 0 Å². The average molecular weight is 410 g/mol. The van der Waals surface area contributed by atoms with Crippen LogP contribution >= 0.6 is 0 Å². The molecule has 10 nitrogen and oxygen atoms in total. The Hall–Kier alpha value is -3.99. The van der Waals surface area contributed by atoms with Crippen molar-refractivity contribution in [2.24, 2.45) is 0 Å². The van der Waals surface area contributed by atoms with Gasteiger partial charge >= 0.3 is 0 Å². The highest BCUT2D eigenvalue weighted by atomic mass is 32.2. The van der Waals surface area contributed by atoms with Crippen molar-refractivity contribution in [1.29, 1.82) is 0 Å². The smallest absolute Gasteiger partial charge is 0.276 e. The van der Waals surface area contributed by atoms with E-state index in [1.807, 2.05) is 0 Å². The summed E-state index contributed by atoms with van der Waals surface area (Å²) in [6.07, 6.45) is 4.37. The number of nitrogens with one attached hydrogen (secondary N) is 3. The van der Waals surface area contributed by atoms with Gasteiger partial charge in [-0.05, 0) is 42.5 Å². The zero-order valence-electron chi connectivity index (χ0n) is 14.7. The molecule has 0 saturated carbocycles. The second kappa shape index (κ2) is 7.56. The van der Waals surface area contributed by atoms with Crippen LogP contribution in [0.15, 0.2) is 76.5 Å². The predicted octanol–water partition coefficient (Wildman–Crippen LogP) is 2.51. The molecule has 0 atom stereocenters. The van der Waals surface area contributed by atoms with Gasteiger partial charge in [-0.15, -0.1) is 0 Å². The molecule has 4 aromatic rings. The number of rotatable bonds is 6. The van der Waals surface area contributed by atoms with Crippen LogP contribution < -0.4 is 10.0 Å². The summed E-state index contributed by atoms with van der Waals surface area (Å²) in [7, 11) is -3.85. The van der Waals surface area contributed by atoms with E-state index in [4.69, 9.17) is 4.42 Å². The van der Waals surface area contributed by atoms with Crippen LogP contribution in [0.3, 0.4) is 0 Å². The summed E-state index contributed by atoms with van der Waals surface area (Å²) in [6.45, 7) is 0. The lowest BCUT2D eigenvalue weighted by Gasteiger charge is -2.07. The molecule has 11 heteroatoms. The van der Waals surface area contributed by atoms with Crippen molar-refractivity contribution >= 4 is 27.6 Å². The lowest BCUT2D eigenvalue weighted by Crippen LogP contribution is -2.15. The van der Waals surface area contributed by atoms with Gasteiger partial charge in [0, 0.05) is 24.1 Å². The summed E-state index contributed by atoms with van der Waals surface area (Å²) in [6, 6.07) is 12.3. The standard InChI is InChI=1S/C18H14N6O4S/c25-17(15-11-14(22-23-15)16-3-1-10-28-16)21-12-4-6-13(7-5-12)29(26,27)24-18-19-8-2-9-20-18/h1-11H,(H,21,25)(H,22,23)(H,19,20,24). The number of hydrogen-bond acceptors (Lipinski definition) is 7. The molecule has 0 aliphatic rings. The maximum atomic E-state index is 12.4. The van der Waals surface area contributed by atoms with Crippen LogP contribution in [-0.4, -0.2) is 34.5 Å². The van der Waals surface area contributed by atoms with Crippen LogP contribution in [-0.2, 0) is 10.0 Å². The van der Waals surface area contributed by atoms with Gasteiger partial charge < -0.3 is 9.73 Å². The van der Waals surface area contributed by atoms with Crippen LogP contribution in [0.25, 0.3) is 11.5 Å². The first-order valence-corrected chi connectivity index (χ1v) is 9.80. The van der Waals surface area contributed by atoms with E-state index in [0.717, 1.165) is 0 Å². The third-order valence-electron chi connectivity index (χ3n) is 3.81. The number of aromatic amines is 1. The fourth-order valence-corrected chi connectivity index (χ4v) is 3.40. The number of sulfonamides is 1. The molecule has 4 rings (SSSR count).